The van der Waals surface area contributed by atoms with Crippen LogP contribution in [0.15, 0.2) is 6.07 Å². The van der Waals surface area contributed by atoms with Gasteiger partial charge in [-0.25, -0.2) is 0 Å². The number of rotatable bonds is 2. The summed E-state index contributed by atoms with van der Waals surface area (Å²) in [4.78, 5) is 11.4. The van der Waals surface area contributed by atoms with Gasteiger partial charge in [-0.2, -0.15) is 0 Å². The van der Waals surface area contributed by atoms with E-state index >= 15 is 0 Å². The largest absolute Gasteiger partial charge is 0.388 e. The van der Waals surface area contributed by atoms with Gasteiger partial charge in [0.25, 0.3) is 0 Å². The summed E-state index contributed by atoms with van der Waals surface area (Å²) < 4.78 is 0. The van der Waals surface area contributed by atoms with Gasteiger partial charge < -0.3 is 5.11 Å². The summed E-state index contributed by atoms with van der Waals surface area (Å²) in [5.74, 6) is -0.200. The third kappa shape index (κ3) is 1.70. The fraction of sp³-hybridized carbons (Fsp3) is 0.417. The van der Waals surface area contributed by atoms with Crippen LogP contribution in [0.1, 0.15) is 32.6 Å². The molecule has 1 aromatic rings. The fourth-order valence-corrected chi connectivity index (χ4v) is 1.59. The monoisotopic (exact) mass is 192 g/mol. The lowest BCUT2D eigenvalue weighted by atomic mass is 9.93. The second-order valence-electron chi connectivity index (χ2n) is 3.70. The van der Waals surface area contributed by atoms with Crippen LogP contribution >= 0.6 is 0 Å². The van der Waals surface area contributed by atoms with E-state index in [1.54, 1.807) is 0 Å². The fourth-order valence-electron chi connectivity index (χ4n) is 1.59. The Hall–Kier alpha value is -1.15. The first kappa shape index (κ1) is 10.9. The number of benzene rings is 1. The number of hydrogen-bond acceptors (Lipinski definition) is 2. The molecule has 2 heteroatoms. The van der Waals surface area contributed by atoms with Crippen LogP contribution in [0.4, 0.5) is 0 Å². The van der Waals surface area contributed by atoms with Crippen molar-refractivity contribution in [2.24, 2.45) is 0 Å². The van der Waals surface area contributed by atoms with Crippen LogP contribution in [-0.4, -0.2) is 17.5 Å². The number of carbonyl (C=O) groups is 1. The zero-order chi connectivity index (χ0) is 10.9. The third-order valence-electron chi connectivity index (χ3n) is 2.93. The van der Waals surface area contributed by atoms with Crippen molar-refractivity contribution in [1.29, 1.82) is 0 Å². The number of ketones is 1. The first-order chi connectivity index (χ1) is 6.49. The minimum Gasteiger partial charge on any atom is -0.388 e. The topological polar surface area (TPSA) is 37.3 Å². The number of aryl methyl sites for hydroxylation is 1. The molecule has 0 bridgehead atoms. The lowest BCUT2D eigenvalue weighted by Crippen LogP contribution is -2.09. The van der Waals surface area contributed by atoms with E-state index in [9.17, 15) is 4.79 Å². The summed E-state index contributed by atoms with van der Waals surface area (Å²) in [6.07, 6.45) is 0. The summed E-state index contributed by atoms with van der Waals surface area (Å²) in [5, 5.41) is 8.81. The van der Waals surface area contributed by atoms with Crippen molar-refractivity contribution in [1.82, 2.24) is 0 Å². The van der Waals surface area contributed by atoms with Gasteiger partial charge in [-0.15, -0.1) is 0 Å². The highest BCUT2D eigenvalue weighted by Gasteiger charge is 2.12. The quantitative estimate of drug-likeness (QED) is 0.728. The molecule has 0 aromatic heterocycles. The second-order valence-corrected chi connectivity index (χ2v) is 3.70. The maximum Gasteiger partial charge on any atom is 0.188 e. The van der Waals surface area contributed by atoms with Crippen molar-refractivity contribution in [3.05, 3.63) is 33.9 Å². The molecule has 0 aliphatic rings. The molecule has 0 fully saturated rings. The smallest absolute Gasteiger partial charge is 0.188 e. The predicted molar refractivity (Wildman–Crippen MR) is 56.8 cm³/mol. The van der Waals surface area contributed by atoms with Crippen molar-refractivity contribution >= 4 is 5.78 Å². The summed E-state index contributed by atoms with van der Waals surface area (Å²) in [6, 6.07) is 1.86. The molecule has 0 radical (unpaired) electrons. The van der Waals surface area contributed by atoms with Crippen LogP contribution < -0.4 is 0 Å². The molecule has 1 N–H and O–H groups in total. The van der Waals surface area contributed by atoms with Crippen molar-refractivity contribution in [3.63, 3.8) is 0 Å². The normalized spacial score (nSPS) is 10.4. The van der Waals surface area contributed by atoms with Gasteiger partial charge in [-0.05, 0) is 56.0 Å². The number of carbonyl (C=O) groups excluding carboxylic acids is 1. The molecular weight excluding hydrogens is 176 g/mol. The number of hydrogen-bond donors (Lipinski definition) is 1. The van der Waals surface area contributed by atoms with E-state index in [0.717, 1.165) is 16.7 Å². The number of aliphatic hydroxyl groups is 1. The van der Waals surface area contributed by atoms with Crippen LogP contribution in [0.2, 0.25) is 0 Å². The molecule has 76 valence electrons. The van der Waals surface area contributed by atoms with Crippen LogP contribution in [-0.2, 0) is 0 Å². The molecule has 2 nitrogen and oxygen atoms in total. The van der Waals surface area contributed by atoms with Gasteiger partial charge in [-0.3, -0.25) is 4.79 Å². The highest BCUT2D eigenvalue weighted by atomic mass is 16.3. The maximum absolute atomic E-state index is 11.4. The first-order valence-corrected chi connectivity index (χ1v) is 4.70. The third-order valence-corrected chi connectivity index (χ3v) is 2.93. The van der Waals surface area contributed by atoms with E-state index in [-0.39, 0.29) is 5.78 Å². The first-order valence-electron chi connectivity index (χ1n) is 4.70. The average Bonchev–Trinajstić information content (AvgIpc) is 2.19. The van der Waals surface area contributed by atoms with Crippen LogP contribution in [0.3, 0.4) is 0 Å². The molecule has 1 aromatic carbocycles. The van der Waals surface area contributed by atoms with Gasteiger partial charge in [0.05, 0.1) is 0 Å². The van der Waals surface area contributed by atoms with E-state index in [2.05, 4.69) is 0 Å². The zero-order valence-electron chi connectivity index (χ0n) is 9.14. The predicted octanol–water partition coefficient (Wildman–Crippen LogP) is 2.10. The van der Waals surface area contributed by atoms with E-state index in [1.807, 2.05) is 33.8 Å². The summed E-state index contributed by atoms with van der Waals surface area (Å²) >= 11 is 0. The zero-order valence-corrected chi connectivity index (χ0v) is 9.14. The molecule has 14 heavy (non-hydrogen) atoms. The molecule has 0 aliphatic heterocycles. The Labute approximate surface area is 84.6 Å². The second kappa shape index (κ2) is 3.93. The molecule has 0 saturated heterocycles. The maximum atomic E-state index is 11.4. The highest BCUT2D eigenvalue weighted by Crippen LogP contribution is 2.21. The molecule has 1 rings (SSSR count). The lowest BCUT2D eigenvalue weighted by Gasteiger charge is -2.12. The molecule has 0 amide bonds. The number of aliphatic hydroxyl groups excluding tert-OH is 1. The summed E-state index contributed by atoms with van der Waals surface area (Å²) in [5.41, 5.74) is 5.09. The molecule has 0 unspecified atom stereocenters. The van der Waals surface area contributed by atoms with Gasteiger partial charge in [0.15, 0.2) is 5.78 Å². The van der Waals surface area contributed by atoms with Crippen molar-refractivity contribution in [3.8, 4) is 0 Å². The summed E-state index contributed by atoms with van der Waals surface area (Å²) in [7, 11) is 0. The number of Topliss-reactive ketones (excluding diaryl/α,β-unsaturated/α-hetero) is 1. The van der Waals surface area contributed by atoms with Crippen LogP contribution in [0, 0.1) is 27.7 Å². The Morgan fingerprint density at radius 3 is 2.21 bits per heavy atom. The highest BCUT2D eigenvalue weighted by molar-refractivity contribution is 5.98. The molecule has 0 atom stereocenters. The van der Waals surface area contributed by atoms with Gasteiger partial charge in [0.1, 0.15) is 6.61 Å². The lowest BCUT2D eigenvalue weighted by molar-refractivity contribution is 0.0903. The SMILES string of the molecule is Cc1cc(C(=O)CO)c(C)c(C)c1C. The Kier molecular flexibility index (Phi) is 3.06. The molecule has 0 heterocycles. The van der Waals surface area contributed by atoms with E-state index in [4.69, 9.17) is 5.11 Å². The van der Waals surface area contributed by atoms with Crippen LogP contribution in [0.25, 0.3) is 0 Å². The van der Waals surface area contributed by atoms with Crippen molar-refractivity contribution in [2.75, 3.05) is 6.61 Å². The van der Waals surface area contributed by atoms with Crippen molar-refractivity contribution < 1.29 is 9.90 Å². The Bertz CT molecular complexity index is 378. The van der Waals surface area contributed by atoms with E-state index in [0.29, 0.717) is 5.56 Å². The molecular formula is C12H16O2. The minimum atomic E-state index is -0.414. The minimum absolute atomic E-state index is 0.200. The van der Waals surface area contributed by atoms with Crippen LogP contribution in [0.5, 0.6) is 0 Å². The molecule has 0 spiro atoms. The Balaban J connectivity index is 3.40. The van der Waals surface area contributed by atoms with E-state index in [1.165, 1.54) is 5.56 Å². The van der Waals surface area contributed by atoms with E-state index < -0.39 is 6.61 Å². The Morgan fingerprint density at radius 1 is 1.14 bits per heavy atom. The van der Waals surface area contributed by atoms with Gasteiger partial charge in [0.2, 0.25) is 0 Å². The summed E-state index contributed by atoms with van der Waals surface area (Å²) in [6.45, 7) is 7.54. The Morgan fingerprint density at radius 2 is 1.71 bits per heavy atom. The van der Waals surface area contributed by atoms with Gasteiger partial charge in [0, 0.05) is 5.56 Å². The average molecular weight is 192 g/mol. The standard InChI is InChI=1S/C12H16O2/c1-7-5-11(12(14)6-13)10(4)9(3)8(7)2/h5,13H,6H2,1-4H3. The van der Waals surface area contributed by atoms with Gasteiger partial charge >= 0.3 is 0 Å². The molecule has 0 saturated carbocycles. The molecule has 0 aliphatic carbocycles. The van der Waals surface area contributed by atoms with Gasteiger partial charge in [-0.1, -0.05) is 0 Å². The van der Waals surface area contributed by atoms with Crippen molar-refractivity contribution in [2.45, 2.75) is 27.7 Å².